The van der Waals surface area contributed by atoms with E-state index >= 15 is 0 Å². The van der Waals surface area contributed by atoms with E-state index in [-0.39, 0.29) is 22.4 Å². The van der Waals surface area contributed by atoms with Crippen LogP contribution in [0.15, 0.2) is 108 Å². The van der Waals surface area contributed by atoms with Crippen molar-refractivity contribution in [2.24, 2.45) is 0 Å². The van der Waals surface area contributed by atoms with Crippen LogP contribution in [0.1, 0.15) is 52.7 Å². The number of aliphatic hydroxyl groups excluding tert-OH is 1. The van der Waals surface area contributed by atoms with Crippen LogP contribution in [0.3, 0.4) is 0 Å². The van der Waals surface area contributed by atoms with Crippen molar-refractivity contribution in [1.82, 2.24) is 0 Å². The molecule has 2 aliphatic heterocycles. The van der Waals surface area contributed by atoms with Crippen molar-refractivity contribution in [2.75, 3.05) is 18.0 Å². The van der Waals surface area contributed by atoms with Crippen LogP contribution in [0.2, 0.25) is 0 Å². The van der Waals surface area contributed by atoms with E-state index in [9.17, 15) is 9.90 Å². The van der Waals surface area contributed by atoms with Crippen molar-refractivity contribution in [3.8, 4) is 0 Å². The number of hydrogen-bond acceptors (Lipinski definition) is 3. The molecule has 0 bridgehead atoms. The smallest absolute Gasteiger partial charge is 0.210 e. The van der Waals surface area contributed by atoms with Gasteiger partial charge in [-0.05, 0) is 73.0 Å². The number of allylic oxidation sites excluding steroid dienone is 5. The lowest BCUT2D eigenvalue weighted by Gasteiger charge is -2.28. The Morgan fingerprint density at radius 3 is 2.02 bits per heavy atom. The van der Waals surface area contributed by atoms with Crippen molar-refractivity contribution in [1.29, 1.82) is 0 Å². The quantitative estimate of drug-likeness (QED) is 0.204. The second-order valence-corrected chi connectivity index (χ2v) is 12.7. The van der Waals surface area contributed by atoms with Crippen molar-refractivity contribution in [3.05, 3.63) is 119 Å². The van der Waals surface area contributed by atoms with Crippen LogP contribution in [-0.2, 0) is 15.6 Å². The summed E-state index contributed by atoms with van der Waals surface area (Å²) in [5, 5.41) is 16.3. The van der Waals surface area contributed by atoms with Gasteiger partial charge in [-0.2, -0.15) is 4.58 Å². The molecule has 0 saturated heterocycles. The average Bonchev–Trinajstić information content (AvgIpc) is 3.36. The Kier molecular flexibility index (Phi) is 5.69. The SMILES string of the molecule is CCN1C(=CC2=C(O)C(=CC3=[N+](CC)c4ccc5ccccc5c4C3(C)C)C2=O)C(C)(C)c2c1ccc1ccccc21. The molecule has 0 atom stereocenters. The van der Waals surface area contributed by atoms with E-state index in [1.165, 1.54) is 44.0 Å². The van der Waals surface area contributed by atoms with E-state index in [0.717, 1.165) is 24.5 Å². The third-order valence-corrected chi connectivity index (χ3v) is 9.70. The lowest BCUT2D eigenvalue weighted by Crippen LogP contribution is -2.32. The first kappa shape index (κ1) is 26.5. The lowest BCUT2D eigenvalue weighted by molar-refractivity contribution is -0.433. The minimum atomic E-state index is -0.330. The summed E-state index contributed by atoms with van der Waals surface area (Å²) in [6.45, 7) is 14.7. The highest BCUT2D eigenvalue weighted by Crippen LogP contribution is 2.52. The zero-order valence-corrected chi connectivity index (χ0v) is 25.2. The van der Waals surface area contributed by atoms with E-state index in [1.807, 2.05) is 12.2 Å². The lowest BCUT2D eigenvalue weighted by atomic mass is 9.76. The largest absolute Gasteiger partial charge is 0.506 e. The molecule has 3 aliphatic rings. The van der Waals surface area contributed by atoms with Crippen LogP contribution in [-0.4, -0.2) is 34.3 Å². The molecule has 0 fully saturated rings. The van der Waals surface area contributed by atoms with Crippen molar-refractivity contribution < 1.29 is 14.5 Å². The number of Topliss-reactive ketones (excluding diaryl/α,β-unsaturated/α-hetero) is 1. The Morgan fingerprint density at radius 2 is 1.40 bits per heavy atom. The van der Waals surface area contributed by atoms with Crippen LogP contribution in [0.5, 0.6) is 0 Å². The molecule has 0 radical (unpaired) electrons. The molecule has 4 aromatic carbocycles. The summed E-state index contributed by atoms with van der Waals surface area (Å²) < 4.78 is 2.28. The molecule has 4 nitrogen and oxygen atoms in total. The predicted molar refractivity (Wildman–Crippen MR) is 173 cm³/mol. The highest BCUT2D eigenvalue weighted by atomic mass is 16.3. The van der Waals surface area contributed by atoms with Gasteiger partial charge in [0.2, 0.25) is 11.5 Å². The van der Waals surface area contributed by atoms with Gasteiger partial charge in [0.05, 0.1) is 16.6 Å². The van der Waals surface area contributed by atoms with Gasteiger partial charge in [0, 0.05) is 41.1 Å². The van der Waals surface area contributed by atoms with Gasteiger partial charge in [0.15, 0.2) is 5.71 Å². The minimum Gasteiger partial charge on any atom is -0.506 e. The Labute approximate surface area is 247 Å². The number of rotatable bonds is 4. The standard InChI is InChI=1S/C38H36N2O2/c1-7-39-29-19-17-23-13-9-11-15-25(23)33(29)37(3,4)31(39)21-27-35(41)28(36(27)42)22-32-38(5,6)34-26-16-12-10-14-24(26)18-20-30(34)40(32)8-2/h9-22H,7-8H2,1-6H3/p+1. The predicted octanol–water partition coefficient (Wildman–Crippen LogP) is 8.41. The van der Waals surface area contributed by atoms with Crippen LogP contribution in [0.25, 0.3) is 21.5 Å². The molecule has 1 N–H and O–H groups in total. The van der Waals surface area contributed by atoms with Gasteiger partial charge < -0.3 is 10.0 Å². The molecule has 210 valence electrons. The van der Waals surface area contributed by atoms with Crippen molar-refractivity contribution >= 4 is 44.4 Å². The summed E-state index contributed by atoms with van der Waals surface area (Å²) in [5.41, 5.74) is 7.06. The third kappa shape index (κ3) is 3.41. The topological polar surface area (TPSA) is 43.5 Å². The van der Waals surface area contributed by atoms with Gasteiger partial charge in [-0.3, -0.25) is 4.79 Å². The highest BCUT2D eigenvalue weighted by Gasteiger charge is 2.48. The number of hydrogen-bond donors (Lipinski definition) is 1. The number of ketones is 1. The second kappa shape index (κ2) is 9.03. The number of fused-ring (bicyclic) bond motifs is 6. The first-order valence-corrected chi connectivity index (χ1v) is 15.0. The van der Waals surface area contributed by atoms with E-state index < -0.39 is 0 Å². The fourth-order valence-corrected chi connectivity index (χ4v) is 7.66. The molecule has 0 aromatic heterocycles. The van der Waals surface area contributed by atoms with Gasteiger partial charge in [-0.1, -0.05) is 68.4 Å². The molecule has 7 rings (SSSR count). The van der Waals surface area contributed by atoms with Gasteiger partial charge in [0.1, 0.15) is 12.3 Å². The summed E-state index contributed by atoms with van der Waals surface area (Å²) in [6.07, 6.45) is 3.86. The fraction of sp³-hybridized carbons (Fsp3) is 0.263. The molecule has 42 heavy (non-hydrogen) atoms. The number of carbonyl (C=O) groups excluding carboxylic acids is 1. The number of nitrogens with zero attached hydrogens (tertiary/aromatic N) is 2. The number of benzene rings is 4. The second-order valence-electron chi connectivity index (χ2n) is 12.7. The van der Waals surface area contributed by atoms with Crippen LogP contribution >= 0.6 is 0 Å². The van der Waals surface area contributed by atoms with Gasteiger partial charge in [-0.25, -0.2) is 0 Å². The molecular formula is C38H37N2O2+. The molecule has 1 aliphatic carbocycles. The Balaban J connectivity index is 1.33. The summed E-state index contributed by atoms with van der Waals surface area (Å²) in [6, 6.07) is 25.7. The Bertz CT molecular complexity index is 1980. The van der Waals surface area contributed by atoms with Crippen molar-refractivity contribution in [2.45, 2.75) is 52.4 Å². The van der Waals surface area contributed by atoms with E-state index in [0.29, 0.717) is 11.1 Å². The molecule has 0 unspecified atom stereocenters. The molecule has 0 amide bonds. The molecule has 0 spiro atoms. The first-order valence-electron chi connectivity index (χ1n) is 15.0. The van der Waals surface area contributed by atoms with E-state index in [2.05, 4.69) is 124 Å². The maximum atomic E-state index is 13.7. The van der Waals surface area contributed by atoms with Crippen LogP contribution < -0.4 is 4.90 Å². The summed E-state index contributed by atoms with van der Waals surface area (Å²) >= 11 is 0. The number of carbonyl (C=O) groups is 1. The maximum Gasteiger partial charge on any atom is 0.210 e. The minimum absolute atomic E-state index is 0.0836. The van der Waals surface area contributed by atoms with Gasteiger partial charge >= 0.3 is 0 Å². The number of anilines is 1. The molecule has 4 aromatic rings. The normalized spacial score (nSPS) is 20.7. The monoisotopic (exact) mass is 553 g/mol. The fourth-order valence-electron chi connectivity index (χ4n) is 7.66. The summed E-state index contributed by atoms with van der Waals surface area (Å²) in [5.74, 6) is -0.0202. The summed E-state index contributed by atoms with van der Waals surface area (Å²) in [7, 11) is 0. The van der Waals surface area contributed by atoms with Gasteiger partial charge in [-0.15, -0.1) is 0 Å². The maximum absolute atomic E-state index is 13.7. The van der Waals surface area contributed by atoms with E-state index in [4.69, 9.17) is 0 Å². The van der Waals surface area contributed by atoms with Crippen molar-refractivity contribution in [3.63, 3.8) is 0 Å². The summed E-state index contributed by atoms with van der Waals surface area (Å²) in [4.78, 5) is 16.0. The first-order chi connectivity index (χ1) is 20.1. The molecule has 2 heterocycles. The van der Waals surface area contributed by atoms with Gasteiger partial charge in [0.25, 0.3) is 0 Å². The number of likely N-dealkylation sites (N-methyl/N-ethyl adjacent to an activating group) is 1. The molecule has 4 heteroatoms. The zero-order chi connectivity index (χ0) is 29.6. The highest BCUT2D eigenvalue weighted by molar-refractivity contribution is 6.24. The Morgan fingerprint density at radius 1 is 0.786 bits per heavy atom. The third-order valence-electron chi connectivity index (χ3n) is 9.70. The molecular weight excluding hydrogens is 516 g/mol. The molecule has 0 saturated carbocycles. The van der Waals surface area contributed by atoms with Crippen LogP contribution in [0, 0.1) is 0 Å². The van der Waals surface area contributed by atoms with Crippen LogP contribution in [0.4, 0.5) is 11.4 Å². The number of aliphatic hydroxyl groups is 1. The zero-order valence-electron chi connectivity index (χ0n) is 25.2. The van der Waals surface area contributed by atoms with E-state index in [1.54, 1.807) is 0 Å². The Hall–Kier alpha value is -4.44. The average molecular weight is 554 g/mol.